The zero-order chi connectivity index (χ0) is 11.2. The van der Waals surface area contributed by atoms with Crippen molar-refractivity contribution in [3.05, 3.63) is 0 Å². The average Bonchev–Trinajstić information content (AvgIpc) is 2.95. The lowest BCUT2D eigenvalue weighted by Gasteiger charge is -2.11. The van der Waals surface area contributed by atoms with Gasteiger partial charge in [0.15, 0.2) is 0 Å². The van der Waals surface area contributed by atoms with Crippen molar-refractivity contribution in [2.45, 2.75) is 44.6 Å². The summed E-state index contributed by atoms with van der Waals surface area (Å²) in [4.78, 5) is 4.93. The lowest BCUT2D eigenvalue weighted by atomic mass is 10.2. The van der Waals surface area contributed by atoms with Gasteiger partial charge >= 0.3 is 0 Å². The molecule has 3 saturated heterocycles. The van der Waals surface area contributed by atoms with Gasteiger partial charge in [-0.15, -0.1) is 0 Å². The highest BCUT2D eigenvalue weighted by molar-refractivity contribution is 4.84. The molecular formula is C13H26N2O. The number of hydrogen-bond acceptors (Lipinski definition) is 3. The Hall–Kier alpha value is -0.120. The number of aliphatic hydroxyl groups excluding tert-OH is 1. The van der Waals surface area contributed by atoms with Crippen LogP contribution >= 0.6 is 0 Å². The lowest BCUT2D eigenvalue weighted by Crippen LogP contribution is -2.22. The smallest absolute Gasteiger partial charge is 0.0558 e. The summed E-state index contributed by atoms with van der Waals surface area (Å²) in [6.45, 7) is 6.37. The molecule has 94 valence electrons. The monoisotopic (exact) mass is 226 g/mol. The molecule has 0 aromatic rings. The van der Waals surface area contributed by atoms with E-state index >= 15 is 0 Å². The van der Waals surface area contributed by atoms with Crippen LogP contribution in [-0.4, -0.2) is 60.3 Å². The summed E-state index contributed by atoms with van der Waals surface area (Å²) in [6, 6.07) is 1.01. The number of β-amino-alcohol motifs (C(OH)–C–C–N with tert-alkyl or cyclic N) is 1. The molecule has 0 saturated carbocycles. The molecule has 3 heterocycles. The molecule has 0 atom stereocenters. The van der Waals surface area contributed by atoms with E-state index in [1.165, 1.54) is 64.7 Å². The highest BCUT2D eigenvalue weighted by Crippen LogP contribution is 2.26. The molecule has 3 aliphatic rings. The summed E-state index contributed by atoms with van der Waals surface area (Å²) in [5.74, 6) is 0. The Labute approximate surface area is 99.4 Å². The Morgan fingerprint density at radius 3 is 2.00 bits per heavy atom. The van der Waals surface area contributed by atoms with Gasteiger partial charge < -0.3 is 14.9 Å². The first kappa shape index (κ1) is 12.3. The van der Waals surface area contributed by atoms with Gasteiger partial charge in [0.25, 0.3) is 0 Å². The predicted octanol–water partition coefficient (Wildman–Crippen LogP) is 1.32. The molecule has 0 aliphatic carbocycles. The summed E-state index contributed by atoms with van der Waals surface area (Å²) in [7, 11) is 0. The minimum Gasteiger partial charge on any atom is -0.395 e. The van der Waals surface area contributed by atoms with E-state index < -0.39 is 0 Å². The fraction of sp³-hybridized carbons (Fsp3) is 1.00. The summed E-state index contributed by atoms with van der Waals surface area (Å²) < 4.78 is 0. The topological polar surface area (TPSA) is 26.7 Å². The fourth-order valence-electron chi connectivity index (χ4n) is 3.19. The first-order valence-electron chi connectivity index (χ1n) is 6.97. The summed E-state index contributed by atoms with van der Waals surface area (Å²) >= 11 is 0. The molecule has 0 amide bonds. The third-order valence-corrected chi connectivity index (χ3v) is 4.10. The molecule has 0 radical (unpaired) electrons. The van der Waals surface area contributed by atoms with Crippen LogP contribution in [0, 0.1) is 0 Å². The van der Waals surface area contributed by atoms with Crippen LogP contribution < -0.4 is 0 Å². The van der Waals surface area contributed by atoms with Crippen molar-refractivity contribution < 1.29 is 5.11 Å². The number of hydrogen-bond donors (Lipinski definition) is 1. The number of aliphatic hydroxyl groups is 1. The zero-order valence-electron chi connectivity index (χ0n) is 10.4. The SMILES string of the molecule is C1CC2CCCN2C1.OCCN1CCCC1. The van der Waals surface area contributed by atoms with Crippen molar-refractivity contribution in [3.8, 4) is 0 Å². The molecule has 0 aromatic heterocycles. The van der Waals surface area contributed by atoms with Crippen LogP contribution in [0.1, 0.15) is 38.5 Å². The standard InChI is InChI=1S/C7H13N.C6H13NO/c1-3-7-4-2-6-8(7)5-1;8-6-5-7-3-1-2-4-7/h7H,1-6H2;8H,1-6H2. The molecule has 3 aliphatic heterocycles. The highest BCUT2D eigenvalue weighted by atomic mass is 16.3. The van der Waals surface area contributed by atoms with Gasteiger partial charge in [0.1, 0.15) is 0 Å². The van der Waals surface area contributed by atoms with Crippen molar-refractivity contribution in [3.63, 3.8) is 0 Å². The highest BCUT2D eigenvalue weighted by Gasteiger charge is 2.27. The van der Waals surface area contributed by atoms with Crippen molar-refractivity contribution in [2.75, 3.05) is 39.3 Å². The fourth-order valence-corrected chi connectivity index (χ4v) is 3.19. The molecular weight excluding hydrogens is 200 g/mol. The number of rotatable bonds is 2. The maximum atomic E-state index is 8.48. The Morgan fingerprint density at radius 1 is 0.875 bits per heavy atom. The molecule has 0 unspecified atom stereocenters. The number of nitrogens with zero attached hydrogens (tertiary/aromatic N) is 2. The van der Waals surface area contributed by atoms with Gasteiger partial charge in [-0.1, -0.05) is 0 Å². The zero-order valence-corrected chi connectivity index (χ0v) is 10.4. The third kappa shape index (κ3) is 3.44. The van der Waals surface area contributed by atoms with Gasteiger partial charge in [-0.3, -0.25) is 0 Å². The number of likely N-dealkylation sites (tertiary alicyclic amines) is 1. The molecule has 3 heteroatoms. The van der Waals surface area contributed by atoms with Crippen molar-refractivity contribution in [2.24, 2.45) is 0 Å². The van der Waals surface area contributed by atoms with Gasteiger partial charge in [-0.05, 0) is 64.7 Å². The maximum absolute atomic E-state index is 8.48. The van der Waals surface area contributed by atoms with E-state index in [2.05, 4.69) is 9.80 Å². The lowest BCUT2D eigenvalue weighted by molar-refractivity contribution is 0.221. The van der Waals surface area contributed by atoms with Gasteiger partial charge in [0, 0.05) is 12.6 Å². The van der Waals surface area contributed by atoms with Crippen molar-refractivity contribution in [1.29, 1.82) is 0 Å². The van der Waals surface area contributed by atoms with Crippen LogP contribution in [-0.2, 0) is 0 Å². The van der Waals surface area contributed by atoms with E-state index in [0.29, 0.717) is 6.61 Å². The van der Waals surface area contributed by atoms with Gasteiger partial charge in [-0.25, -0.2) is 0 Å². The summed E-state index contributed by atoms with van der Waals surface area (Å²) in [6.07, 6.45) is 8.54. The predicted molar refractivity (Wildman–Crippen MR) is 66.6 cm³/mol. The number of fused-ring (bicyclic) bond motifs is 1. The van der Waals surface area contributed by atoms with Gasteiger partial charge in [-0.2, -0.15) is 0 Å². The second kappa shape index (κ2) is 6.58. The molecule has 0 bridgehead atoms. The van der Waals surface area contributed by atoms with E-state index in [1.807, 2.05) is 0 Å². The van der Waals surface area contributed by atoms with Crippen LogP contribution in [0.15, 0.2) is 0 Å². The van der Waals surface area contributed by atoms with Crippen LogP contribution in [0.25, 0.3) is 0 Å². The second-order valence-corrected chi connectivity index (χ2v) is 5.25. The maximum Gasteiger partial charge on any atom is 0.0558 e. The van der Waals surface area contributed by atoms with Crippen LogP contribution in [0.2, 0.25) is 0 Å². The summed E-state index contributed by atoms with van der Waals surface area (Å²) in [5, 5.41) is 8.48. The van der Waals surface area contributed by atoms with E-state index in [4.69, 9.17) is 5.11 Å². The Balaban J connectivity index is 0.000000120. The Morgan fingerprint density at radius 2 is 1.50 bits per heavy atom. The van der Waals surface area contributed by atoms with E-state index in [-0.39, 0.29) is 0 Å². The minimum absolute atomic E-state index is 0.319. The molecule has 1 N–H and O–H groups in total. The largest absolute Gasteiger partial charge is 0.395 e. The van der Waals surface area contributed by atoms with Crippen LogP contribution in [0.4, 0.5) is 0 Å². The quantitative estimate of drug-likeness (QED) is 0.769. The Bertz CT molecular complexity index is 172. The van der Waals surface area contributed by atoms with Crippen molar-refractivity contribution in [1.82, 2.24) is 9.80 Å². The third-order valence-electron chi connectivity index (χ3n) is 4.10. The van der Waals surface area contributed by atoms with Gasteiger partial charge in [0.05, 0.1) is 6.61 Å². The van der Waals surface area contributed by atoms with Crippen molar-refractivity contribution >= 4 is 0 Å². The van der Waals surface area contributed by atoms with Crippen LogP contribution in [0.3, 0.4) is 0 Å². The van der Waals surface area contributed by atoms with E-state index in [1.54, 1.807) is 0 Å². The molecule has 0 spiro atoms. The first-order chi connectivity index (χ1) is 7.90. The Kier molecular flexibility index (Phi) is 5.07. The van der Waals surface area contributed by atoms with E-state index in [0.717, 1.165) is 12.6 Å². The van der Waals surface area contributed by atoms with E-state index in [9.17, 15) is 0 Å². The normalized spacial score (nSPS) is 26.8. The summed E-state index contributed by atoms with van der Waals surface area (Å²) in [5.41, 5.74) is 0. The second-order valence-electron chi connectivity index (χ2n) is 5.25. The minimum atomic E-state index is 0.319. The molecule has 3 nitrogen and oxygen atoms in total. The van der Waals surface area contributed by atoms with Crippen LogP contribution in [0.5, 0.6) is 0 Å². The first-order valence-corrected chi connectivity index (χ1v) is 6.97. The molecule has 3 rings (SSSR count). The molecule has 16 heavy (non-hydrogen) atoms. The van der Waals surface area contributed by atoms with Gasteiger partial charge in [0.2, 0.25) is 0 Å². The average molecular weight is 226 g/mol. The molecule has 0 aromatic carbocycles. The molecule has 3 fully saturated rings.